The van der Waals surface area contributed by atoms with E-state index in [2.05, 4.69) is 10.1 Å². The van der Waals surface area contributed by atoms with E-state index in [1.807, 2.05) is 13.8 Å². The number of benzene rings is 1. The Balaban J connectivity index is 2.40. The molecule has 0 aromatic heterocycles. The van der Waals surface area contributed by atoms with Crippen molar-refractivity contribution in [1.29, 1.82) is 0 Å². The highest BCUT2D eigenvalue weighted by atomic mass is 19.4. The SMILES string of the molecule is CC(C)C(O)CNCc1ccc(OC(F)(F)F)cc1. The third kappa shape index (κ3) is 6.45. The van der Waals surface area contributed by atoms with Gasteiger partial charge in [0, 0.05) is 13.1 Å². The molecule has 0 radical (unpaired) electrons. The van der Waals surface area contributed by atoms with E-state index in [9.17, 15) is 18.3 Å². The van der Waals surface area contributed by atoms with Gasteiger partial charge in [0.1, 0.15) is 5.75 Å². The zero-order chi connectivity index (χ0) is 14.5. The molecular weight excluding hydrogens is 259 g/mol. The quantitative estimate of drug-likeness (QED) is 0.840. The average Bonchev–Trinajstić information content (AvgIpc) is 2.29. The van der Waals surface area contributed by atoms with E-state index >= 15 is 0 Å². The first-order valence-corrected chi connectivity index (χ1v) is 6.01. The molecule has 0 aliphatic carbocycles. The van der Waals surface area contributed by atoms with Crippen molar-refractivity contribution in [3.05, 3.63) is 29.8 Å². The van der Waals surface area contributed by atoms with Crippen molar-refractivity contribution >= 4 is 0 Å². The van der Waals surface area contributed by atoms with E-state index in [0.717, 1.165) is 5.56 Å². The second-order valence-corrected chi connectivity index (χ2v) is 4.63. The fraction of sp³-hybridized carbons (Fsp3) is 0.538. The first kappa shape index (κ1) is 15.8. The molecule has 108 valence electrons. The summed E-state index contributed by atoms with van der Waals surface area (Å²) in [5.41, 5.74) is 0.825. The molecule has 1 aromatic rings. The standard InChI is InChI=1S/C13H18F3NO2/c1-9(2)12(18)8-17-7-10-3-5-11(6-4-10)19-13(14,15)16/h3-6,9,12,17-18H,7-8H2,1-2H3. The van der Waals surface area contributed by atoms with Crippen molar-refractivity contribution in [2.75, 3.05) is 6.54 Å². The smallest absolute Gasteiger partial charge is 0.406 e. The van der Waals surface area contributed by atoms with Crippen LogP contribution in [0.5, 0.6) is 5.75 Å². The van der Waals surface area contributed by atoms with Gasteiger partial charge >= 0.3 is 6.36 Å². The first-order valence-electron chi connectivity index (χ1n) is 6.01. The summed E-state index contributed by atoms with van der Waals surface area (Å²) in [7, 11) is 0. The van der Waals surface area contributed by atoms with Gasteiger partial charge in [-0.25, -0.2) is 0 Å². The fourth-order valence-electron chi connectivity index (χ4n) is 1.41. The summed E-state index contributed by atoms with van der Waals surface area (Å²) in [6.07, 6.45) is -5.10. The summed E-state index contributed by atoms with van der Waals surface area (Å²) >= 11 is 0. The highest BCUT2D eigenvalue weighted by molar-refractivity contribution is 5.27. The molecule has 0 fully saturated rings. The number of aliphatic hydroxyl groups excluding tert-OH is 1. The normalized spacial score (nSPS) is 13.6. The van der Waals surface area contributed by atoms with Crippen LogP contribution in [0.25, 0.3) is 0 Å². The fourth-order valence-corrected chi connectivity index (χ4v) is 1.41. The highest BCUT2D eigenvalue weighted by Crippen LogP contribution is 2.22. The Morgan fingerprint density at radius 3 is 2.26 bits per heavy atom. The zero-order valence-electron chi connectivity index (χ0n) is 10.9. The molecule has 1 aromatic carbocycles. The molecule has 0 amide bonds. The Morgan fingerprint density at radius 1 is 1.21 bits per heavy atom. The largest absolute Gasteiger partial charge is 0.573 e. The number of alkyl halides is 3. The predicted molar refractivity (Wildman–Crippen MR) is 65.7 cm³/mol. The molecule has 6 heteroatoms. The van der Waals surface area contributed by atoms with Crippen LogP contribution in [0.4, 0.5) is 13.2 Å². The van der Waals surface area contributed by atoms with Crippen molar-refractivity contribution in [3.8, 4) is 5.75 Å². The van der Waals surface area contributed by atoms with Gasteiger partial charge in [-0.1, -0.05) is 26.0 Å². The molecule has 0 saturated carbocycles. The van der Waals surface area contributed by atoms with Crippen LogP contribution in [-0.4, -0.2) is 24.1 Å². The second-order valence-electron chi connectivity index (χ2n) is 4.63. The molecule has 1 unspecified atom stereocenters. The van der Waals surface area contributed by atoms with Gasteiger partial charge in [-0.2, -0.15) is 0 Å². The minimum Gasteiger partial charge on any atom is -0.406 e. The van der Waals surface area contributed by atoms with Crippen LogP contribution in [0.3, 0.4) is 0 Å². The van der Waals surface area contributed by atoms with Gasteiger partial charge in [0.2, 0.25) is 0 Å². The molecule has 0 spiro atoms. The molecule has 3 nitrogen and oxygen atoms in total. The summed E-state index contributed by atoms with van der Waals surface area (Å²) in [6, 6.07) is 5.64. The zero-order valence-corrected chi connectivity index (χ0v) is 10.9. The Hall–Kier alpha value is -1.27. The number of nitrogens with one attached hydrogen (secondary N) is 1. The molecule has 1 rings (SSSR count). The summed E-state index contributed by atoms with van der Waals surface area (Å²) in [6.45, 7) is 4.75. The van der Waals surface area contributed by atoms with Crippen LogP contribution in [-0.2, 0) is 6.54 Å². The molecule has 0 bridgehead atoms. The summed E-state index contributed by atoms with van der Waals surface area (Å²) in [5, 5.41) is 12.6. The van der Waals surface area contributed by atoms with Crippen LogP contribution in [0.2, 0.25) is 0 Å². The molecule has 2 N–H and O–H groups in total. The topological polar surface area (TPSA) is 41.5 Å². The molecule has 0 heterocycles. The molecule has 1 atom stereocenters. The van der Waals surface area contributed by atoms with E-state index in [-0.39, 0.29) is 11.7 Å². The monoisotopic (exact) mass is 277 g/mol. The van der Waals surface area contributed by atoms with Crippen molar-refractivity contribution in [1.82, 2.24) is 5.32 Å². The summed E-state index contributed by atoms with van der Waals surface area (Å²) < 4.78 is 39.6. The Morgan fingerprint density at radius 2 is 1.79 bits per heavy atom. The van der Waals surface area contributed by atoms with E-state index in [1.54, 1.807) is 12.1 Å². The van der Waals surface area contributed by atoms with Gasteiger partial charge in [-0.05, 0) is 23.6 Å². The first-order chi connectivity index (χ1) is 8.78. The van der Waals surface area contributed by atoms with Crippen molar-refractivity contribution in [3.63, 3.8) is 0 Å². The maximum atomic E-state index is 11.9. The Labute approximate surface area is 110 Å². The van der Waals surface area contributed by atoms with Crippen LogP contribution in [0.15, 0.2) is 24.3 Å². The number of hydrogen-bond donors (Lipinski definition) is 2. The van der Waals surface area contributed by atoms with Gasteiger partial charge in [0.05, 0.1) is 6.10 Å². The Bertz CT molecular complexity index is 376. The van der Waals surface area contributed by atoms with E-state index in [0.29, 0.717) is 13.1 Å². The lowest BCUT2D eigenvalue weighted by Gasteiger charge is -2.15. The predicted octanol–water partition coefficient (Wildman–Crippen LogP) is 2.69. The van der Waals surface area contributed by atoms with Crippen LogP contribution in [0, 0.1) is 5.92 Å². The average molecular weight is 277 g/mol. The third-order valence-electron chi connectivity index (χ3n) is 2.61. The van der Waals surface area contributed by atoms with Gasteiger partial charge in [0.15, 0.2) is 0 Å². The van der Waals surface area contributed by atoms with Gasteiger partial charge in [0.25, 0.3) is 0 Å². The number of rotatable bonds is 6. The number of hydrogen-bond acceptors (Lipinski definition) is 3. The molecule has 0 aliphatic rings. The van der Waals surface area contributed by atoms with E-state index in [4.69, 9.17) is 0 Å². The number of halogens is 3. The maximum absolute atomic E-state index is 11.9. The van der Waals surface area contributed by atoms with Crippen molar-refractivity contribution < 1.29 is 23.0 Å². The Kier molecular flexibility index (Phi) is 5.62. The number of aliphatic hydroxyl groups is 1. The highest BCUT2D eigenvalue weighted by Gasteiger charge is 2.30. The van der Waals surface area contributed by atoms with Gasteiger partial charge in [-0.3, -0.25) is 0 Å². The summed E-state index contributed by atoms with van der Waals surface area (Å²) in [5.74, 6) is -0.0754. The molecule has 19 heavy (non-hydrogen) atoms. The second kappa shape index (κ2) is 6.77. The summed E-state index contributed by atoms with van der Waals surface area (Å²) in [4.78, 5) is 0. The van der Waals surface area contributed by atoms with E-state index in [1.165, 1.54) is 12.1 Å². The molecule has 0 saturated heterocycles. The van der Waals surface area contributed by atoms with Crippen LogP contribution < -0.4 is 10.1 Å². The minimum atomic E-state index is -4.67. The minimum absolute atomic E-state index is 0.162. The van der Waals surface area contributed by atoms with Gasteiger partial charge < -0.3 is 15.2 Å². The van der Waals surface area contributed by atoms with E-state index < -0.39 is 12.5 Å². The maximum Gasteiger partial charge on any atom is 0.573 e. The van der Waals surface area contributed by atoms with Crippen molar-refractivity contribution in [2.45, 2.75) is 32.9 Å². The van der Waals surface area contributed by atoms with Crippen LogP contribution in [0.1, 0.15) is 19.4 Å². The van der Waals surface area contributed by atoms with Gasteiger partial charge in [-0.15, -0.1) is 13.2 Å². The third-order valence-corrected chi connectivity index (χ3v) is 2.61. The lowest BCUT2D eigenvalue weighted by atomic mass is 10.1. The molecular formula is C13H18F3NO2. The lowest BCUT2D eigenvalue weighted by molar-refractivity contribution is -0.274. The molecule has 0 aliphatic heterocycles. The van der Waals surface area contributed by atoms with Crippen molar-refractivity contribution in [2.24, 2.45) is 5.92 Å². The number of ether oxygens (including phenoxy) is 1. The van der Waals surface area contributed by atoms with Crippen LogP contribution >= 0.6 is 0 Å². The lowest BCUT2D eigenvalue weighted by Crippen LogP contribution is -2.30.